The maximum Gasteiger partial charge on any atom is 0.338 e. The number of aliphatic imine (C=N–C) groups is 1. The Labute approximate surface area is 283 Å². The predicted octanol–water partition coefficient (Wildman–Crippen LogP) is 5.08. The van der Waals surface area contributed by atoms with Crippen molar-refractivity contribution in [2.45, 2.75) is 33.2 Å². The van der Waals surface area contributed by atoms with Crippen LogP contribution in [0.1, 0.15) is 48.2 Å². The number of nitro benzene ring substituents is 1. The second-order valence-electron chi connectivity index (χ2n) is 11.5. The van der Waals surface area contributed by atoms with Crippen LogP contribution in [0.25, 0.3) is 0 Å². The summed E-state index contributed by atoms with van der Waals surface area (Å²) in [5, 5.41) is 14.2. The molecule has 1 heterocycles. The van der Waals surface area contributed by atoms with Gasteiger partial charge in [0.2, 0.25) is 5.91 Å². The van der Waals surface area contributed by atoms with Gasteiger partial charge < -0.3 is 19.5 Å². The van der Waals surface area contributed by atoms with Gasteiger partial charge in [0.25, 0.3) is 5.69 Å². The van der Waals surface area contributed by atoms with E-state index in [-0.39, 0.29) is 48.2 Å². The van der Waals surface area contributed by atoms with Crippen molar-refractivity contribution in [3.63, 3.8) is 0 Å². The lowest BCUT2D eigenvalue weighted by atomic mass is 9.75. The molecule has 2 atom stereocenters. The monoisotopic (exact) mass is 670 g/mol. The Balaban J connectivity index is 1.46. The molecule has 0 aromatic heterocycles. The van der Waals surface area contributed by atoms with E-state index >= 15 is 0 Å². The van der Waals surface area contributed by atoms with Crippen LogP contribution in [-0.4, -0.2) is 72.8 Å². The fraction of sp³-hybridized carbons (Fsp3) is 0.306. The van der Waals surface area contributed by atoms with Gasteiger partial charge in [-0.1, -0.05) is 42.5 Å². The van der Waals surface area contributed by atoms with Gasteiger partial charge >= 0.3 is 17.9 Å². The molecule has 1 unspecified atom stereocenters. The average molecular weight is 671 g/mol. The van der Waals surface area contributed by atoms with E-state index < -0.39 is 34.7 Å². The Morgan fingerprint density at radius 2 is 1.55 bits per heavy atom. The van der Waals surface area contributed by atoms with E-state index in [4.69, 9.17) is 14.2 Å². The summed E-state index contributed by atoms with van der Waals surface area (Å²) in [5.41, 5.74) is 2.68. The molecule has 1 N–H and O–H groups in total. The number of carbonyl (C=O) groups is 4. The molecule has 4 rings (SSSR count). The maximum absolute atomic E-state index is 13.7. The van der Waals surface area contributed by atoms with Crippen LogP contribution < -0.4 is 5.32 Å². The molecule has 1 amide bonds. The molecule has 1 aliphatic rings. The molecule has 0 saturated carbocycles. The van der Waals surface area contributed by atoms with Crippen LogP contribution in [0.15, 0.2) is 95.1 Å². The van der Waals surface area contributed by atoms with E-state index in [9.17, 15) is 29.3 Å². The van der Waals surface area contributed by atoms with Crippen molar-refractivity contribution in [2.24, 2.45) is 10.9 Å². The molecule has 256 valence electrons. The van der Waals surface area contributed by atoms with Gasteiger partial charge in [-0.2, -0.15) is 0 Å². The van der Waals surface area contributed by atoms with Crippen LogP contribution in [0.3, 0.4) is 0 Å². The number of hydrogen-bond acceptors (Lipinski definition) is 11. The molecular formula is C36H38N4O9. The number of hydrogen-bond donors (Lipinski definition) is 1. The van der Waals surface area contributed by atoms with Crippen molar-refractivity contribution in [1.82, 2.24) is 4.90 Å². The average Bonchev–Trinajstić information content (AvgIpc) is 3.06. The summed E-state index contributed by atoms with van der Waals surface area (Å²) < 4.78 is 16.4. The van der Waals surface area contributed by atoms with Gasteiger partial charge in [-0.05, 0) is 56.3 Å². The number of anilines is 1. The highest BCUT2D eigenvalue weighted by Gasteiger charge is 2.43. The van der Waals surface area contributed by atoms with Crippen LogP contribution in [0, 0.1) is 16.0 Å². The summed E-state index contributed by atoms with van der Waals surface area (Å²) in [7, 11) is 1.90. The van der Waals surface area contributed by atoms with Crippen molar-refractivity contribution in [1.29, 1.82) is 0 Å². The number of amides is 1. The quantitative estimate of drug-likeness (QED) is 0.0804. The number of nitrogens with zero attached hydrogens (tertiary/aromatic N) is 3. The van der Waals surface area contributed by atoms with E-state index in [1.165, 1.54) is 37.3 Å². The number of likely N-dealkylation sites (N-methyl/N-ethyl adjacent to an activating group) is 1. The standard InChI is InChI=1S/C36H38N4O9/c1-23-31(35(43)47-18-17-39(4)22-26-9-6-5-7-10-26)33(28-11-8-12-30(21-28)40(45)46)32(24(2)37-23)36(44)49-20-19-48-34(42)27-13-15-29(16-14-27)38-25(3)41/h5-16,21,31,33H,17-20,22H2,1-4H3,(H,38,41)/t31?,33-/m0/s1. The van der Waals surface area contributed by atoms with Gasteiger partial charge in [0.15, 0.2) is 0 Å². The highest BCUT2D eigenvalue weighted by Crippen LogP contribution is 2.41. The number of carbonyl (C=O) groups excluding carboxylic acids is 4. The predicted molar refractivity (Wildman–Crippen MR) is 181 cm³/mol. The first kappa shape index (κ1) is 36.2. The molecule has 3 aromatic carbocycles. The van der Waals surface area contributed by atoms with Crippen molar-refractivity contribution in [2.75, 3.05) is 38.7 Å². The molecular weight excluding hydrogens is 632 g/mol. The molecule has 0 bridgehead atoms. The van der Waals surface area contributed by atoms with Gasteiger partial charge in [0, 0.05) is 55.2 Å². The zero-order chi connectivity index (χ0) is 35.5. The minimum atomic E-state index is -1.06. The first-order chi connectivity index (χ1) is 23.4. The summed E-state index contributed by atoms with van der Waals surface area (Å²) >= 11 is 0. The van der Waals surface area contributed by atoms with Gasteiger partial charge in [0.1, 0.15) is 25.7 Å². The molecule has 0 radical (unpaired) electrons. The van der Waals surface area contributed by atoms with E-state index in [2.05, 4.69) is 10.3 Å². The Kier molecular flexibility index (Phi) is 12.5. The number of allylic oxidation sites excluding steroid dienone is 1. The second kappa shape index (κ2) is 16.9. The van der Waals surface area contributed by atoms with Crippen molar-refractivity contribution >= 4 is 40.9 Å². The van der Waals surface area contributed by atoms with Crippen molar-refractivity contribution in [3.05, 3.63) is 117 Å². The summed E-state index contributed by atoms with van der Waals surface area (Å²) in [5.74, 6) is -4.43. The fourth-order valence-corrected chi connectivity index (χ4v) is 5.49. The van der Waals surface area contributed by atoms with Gasteiger partial charge in [0.05, 0.1) is 16.1 Å². The van der Waals surface area contributed by atoms with Gasteiger partial charge in [-0.25, -0.2) is 9.59 Å². The highest BCUT2D eigenvalue weighted by atomic mass is 16.6. The van der Waals surface area contributed by atoms with Crippen molar-refractivity contribution in [3.8, 4) is 0 Å². The smallest absolute Gasteiger partial charge is 0.338 e. The number of ether oxygens (including phenoxy) is 3. The third-order valence-electron chi connectivity index (χ3n) is 7.75. The number of nitro groups is 1. The summed E-state index contributed by atoms with van der Waals surface area (Å²) in [6.07, 6.45) is 0. The van der Waals surface area contributed by atoms with Crippen LogP contribution in [0.4, 0.5) is 11.4 Å². The number of non-ortho nitro benzene ring substituents is 1. The first-order valence-corrected chi connectivity index (χ1v) is 15.6. The molecule has 0 spiro atoms. The molecule has 3 aromatic rings. The molecule has 0 saturated heterocycles. The van der Waals surface area contributed by atoms with E-state index in [0.717, 1.165) is 5.56 Å². The maximum atomic E-state index is 13.7. The summed E-state index contributed by atoms with van der Waals surface area (Å²) in [4.78, 5) is 68.5. The number of rotatable bonds is 14. The molecule has 0 aliphatic carbocycles. The largest absolute Gasteiger partial charge is 0.464 e. The Morgan fingerprint density at radius 1 is 0.878 bits per heavy atom. The zero-order valence-electron chi connectivity index (χ0n) is 27.7. The number of esters is 3. The molecule has 0 fully saturated rings. The van der Waals surface area contributed by atoms with Crippen molar-refractivity contribution < 1.29 is 38.3 Å². The molecule has 1 aliphatic heterocycles. The Bertz CT molecular complexity index is 1750. The minimum Gasteiger partial charge on any atom is -0.464 e. The zero-order valence-corrected chi connectivity index (χ0v) is 27.7. The summed E-state index contributed by atoms with van der Waals surface area (Å²) in [6, 6.07) is 21.6. The van der Waals surface area contributed by atoms with Gasteiger partial charge in [-0.15, -0.1) is 0 Å². The second-order valence-corrected chi connectivity index (χ2v) is 11.5. The molecule has 13 nitrogen and oxygen atoms in total. The van der Waals surface area contributed by atoms with Crippen LogP contribution in [0.2, 0.25) is 0 Å². The molecule has 13 heteroatoms. The lowest BCUT2D eigenvalue weighted by molar-refractivity contribution is -0.384. The van der Waals surface area contributed by atoms with Crippen LogP contribution in [0.5, 0.6) is 0 Å². The lowest BCUT2D eigenvalue weighted by Crippen LogP contribution is -2.37. The third kappa shape index (κ3) is 9.91. The van der Waals surface area contributed by atoms with E-state index in [1.54, 1.807) is 32.0 Å². The topological polar surface area (TPSA) is 167 Å². The molecule has 49 heavy (non-hydrogen) atoms. The Morgan fingerprint density at radius 3 is 2.20 bits per heavy atom. The number of benzene rings is 3. The van der Waals surface area contributed by atoms with Gasteiger partial charge in [-0.3, -0.25) is 29.6 Å². The van der Waals surface area contributed by atoms with Crippen LogP contribution >= 0.6 is 0 Å². The normalized spacial score (nSPS) is 15.7. The minimum absolute atomic E-state index is 0.0362. The lowest BCUT2D eigenvalue weighted by Gasteiger charge is -2.31. The first-order valence-electron chi connectivity index (χ1n) is 15.6. The van der Waals surface area contributed by atoms with E-state index in [1.807, 2.05) is 42.3 Å². The van der Waals surface area contributed by atoms with E-state index in [0.29, 0.717) is 30.1 Å². The number of nitrogens with one attached hydrogen (secondary N) is 1. The Hall–Kier alpha value is -5.69. The summed E-state index contributed by atoms with van der Waals surface area (Å²) in [6.45, 7) is 5.18. The van der Waals surface area contributed by atoms with Crippen LogP contribution in [-0.2, 0) is 35.1 Å². The SMILES string of the molecule is CC(=O)Nc1ccc(C(=O)OCCOC(=O)C2=C(C)N=C(C)C(C(=O)OCCN(C)Cc3ccccc3)[C@@H]2c2cccc([N+](=O)[O-])c2)cc1. The third-order valence-corrected chi connectivity index (χ3v) is 7.75. The highest BCUT2D eigenvalue weighted by molar-refractivity contribution is 6.07. The fourth-order valence-electron chi connectivity index (χ4n) is 5.49.